The van der Waals surface area contributed by atoms with Crippen LogP contribution >= 0.6 is 0 Å². The Morgan fingerprint density at radius 3 is 2.53 bits per heavy atom. The molecule has 10 atom stereocenters. The normalized spacial score (nSPS) is 45.1. The molecule has 0 radical (unpaired) electrons. The molecule has 0 heterocycles. The van der Waals surface area contributed by atoms with Crippen molar-refractivity contribution < 1.29 is 28.0 Å². The lowest BCUT2D eigenvalue weighted by Gasteiger charge is -2.62. The van der Waals surface area contributed by atoms with Gasteiger partial charge in [0.2, 0.25) is 5.91 Å². The van der Waals surface area contributed by atoms with E-state index in [1.165, 1.54) is 12.8 Å². The Morgan fingerprint density at radius 2 is 1.82 bits per heavy atom. The molecule has 0 saturated heterocycles. The van der Waals surface area contributed by atoms with E-state index in [0.717, 1.165) is 38.5 Å². The van der Waals surface area contributed by atoms with Crippen molar-refractivity contribution in [3.05, 3.63) is 0 Å². The minimum atomic E-state index is -4.32. The Kier molecular flexibility index (Phi) is 7.47. The molecule has 4 unspecified atom stereocenters. The predicted molar refractivity (Wildman–Crippen MR) is 129 cm³/mol. The van der Waals surface area contributed by atoms with Crippen LogP contribution in [0.5, 0.6) is 0 Å². The smallest absolute Gasteiger partial charge is 0.220 e. The van der Waals surface area contributed by atoms with Crippen LogP contribution in [0, 0.1) is 46.3 Å². The summed E-state index contributed by atoms with van der Waals surface area (Å²) < 4.78 is 32.2. The van der Waals surface area contributed by atoms with Crippen LogP contribution in [0.3, 0.4) is 0 Å². The van der Waals surface area contributed by atoms with Crippen molar-refractivity contribution in [2.75, 3.05) is 12.3 Å². The maximum absolute atomic E-state index is 12.2. The van der Waals surface area contributed by atoms with Crippen molar-refractivity contribution in [3.8, 4) is 0 Å². The molecule has 4 aliphatic rings. The quantitative estimate of drug-likeness (QED) is 0.463. The van der Waals surface area contributed by atoms with E-state index in [1.807, 2.05) is 0 Å². The third-order valence-electron chi connectivity index (χ3n) is 11.0. The molecular formula is C26H44NO6S-. The molecule has 34 heavy (non-hydrogen) atoms. The van der Waals surface area contributed by atoms with Gasteiger partial charge in [-0.1, -0.05) is 20.8 Å². The molecule has 7 nitrogen and oxygen atoms in total. The van der Waals surface area contributed by atoms with Gasteiger partial charge < -0.3 is 20.1 Å². The van der Waals surface area contributed by atoms with Gasteiger partial charge in [-0.25, -0.2) is 8.42 Å². The lowest BCUT2D eigenvalue weighted by molar-refractivity contribution is -0.174. The van der Waals surface area contributed by atoms with Gasteiger partial charge in [-0.15, -0.1) is 0 Å². The molecule has 4 saturated carbocycles. The van der Waals surface area contributed by atoms with Crippen LogP contribution in [0.4, 0.5) is 0 Å². The summed E-state index contributed by atoms with van der Waals surface area (Å²) in [5, 5.41) is 24.4. The van der Waals surface area contributed by atoms with Crippen LogP contribution < -0.4 is 5.32 Å². The van der Waals surface area contributed by atoms with Gasteiger partial charge in [0.15, 0.2) is 0 Å². The zero-order valence-corrected chi connectivity index (χ0v) is 21.9. The van der Waals surface area contributed by atoms with Crippen molar-refractivity contribution in [1.82, 2.24) is 5.32 Å². The van der Waals surface area contributed by atoms with Crippen LogP contribution in [-0.2, 0) is 14.9 Å². The average Bonchev–Trinajstić information content (AvgIpc) is 3.11. The van der Waals surface area contributed by atoms with Gasteiger partial charge in [-0.3, -0.25) is 4.79 Å². The van der Waals surface area contributed by atoms with Crippen molar-refractivity contribution in [2.45, 2.75) is 97.2 Å². The summed E-state index contributed by atoms with van der Waals surface area (Å²) in [6.45, 7) is 6.78. The zero-order valence-electron chi connectivity index (χ0n) is 21.0. The molecule has 0 spiro atoms. The monoisotopic (exact) mass is 498 g/mol. The van der Waals surface area contributed by atoms with E-state index < -0.39 is 15.9 Å². The first-order chi connectivity index (χ1) is 15.9. The van der Waals surface area contributed by atoms with Crippen molar-refractivity contribution in [1.29, 1.82) is 0 Å². The highest BCUT2D eigenvalue weighted by Gasteiger charge is 2.63. The number of rotatable bonds is 7. The first-order valence-electron chi connectivity index (χ1n) is 13.4. The number of nitrogens with one attached hydrogen (secondary N) is 1. The van der Waals surface area contributed by atoms with Crippen LogP contribution in [0.1, 0.15) is 85.0 Å². The molecule has 8 heteroatoms. The zero-order chi connectivity index (χ0) is 24.9. The van der Waals surface area contributed by atoms with Crippen LogP contribution in [0.2, 0.25) is 0 Å². The van der Waals surface area contributed by atoms with Gasteiger partial charge in [0.05, 0.1) is 28.1 Å². The van der Waals surface area contributed by atoms with E-state index in [4.69, 9.17) is 0 Å². The van der Waals surface area contributed by atoms with Gasteiger partial charge in [-0.05, 0) is 104 Å². The SMILES string of the molecule is C[C@H](CCC(=O)NCCS(=O)(=O)[O-])[C@H]1CCC2C3CCC4C[C@H](O)CC[C@]4(C)C3C[C@H](O)[C@@]21C. The van der Waals surface area contributed by atoms with E-state index in [0.29, 0.717) is 42.4 Å². The molecule has 4 aliphatic carbocycles. The van der Waals surface area contributed by atoms with E-state index in [-0.39, 0.29) is 41.4 Å². The van der Waals surface area contributed by atoms with Crippen LogP contribution in [-0.4, -0.2) is 53.6 Å². The topological polar surface area (TPSA) is 127 Å². The number of hydrogen-bond donors (Lipinski definition) is 3. The molecule has 0 aromatic rings. The van der Waals surface area contributed by atoms with Gasteiger partial charge in [0, 0.05) is 13.0 Å². The van der Waals surface area contributed by atoms with Gasteiger partial charge >= 0.3 is 0 Å². The molecule has 1 amide bonds. The second kappa shape index (κ2) is 9.64. The first-order valence-corrected chi connectivity index (χ1v) is 15.0. The van der Waals surface area contributed by atoms with Gasteiger partial charge in [-0.2, -0.15) is 0 Å². The number of amides is 1. The third-order valence-corrected chi connectivity index (χ3v) is 11.7. The van der Waals surface area contributed by atoms with Crippen molar-refractivity contribution in [3.63, 3.8) is 0 Å². The summed E-state index contributed by atoms with van der Waals surface area (Å²) in [5.41, 5.74) is 0.0922. The highest BCUT2D eigenvalue weighted by molar-refractivity contribution is 7.85. The molecule has 4 rings (SSSR count). The molecule has 196 valence electrons. The van der Waals surface area contributed by atoms with E-state index in [2.05, 4.69) is 26.1 Å². The summed E-state index contributed by atoms with van der Waals surface area (Å²) in [4.78, 5) is 12.2. The Morgan fingerprint density at radius 1 is 1.09 bits per heavy atom. The summed E-state index contributed by atoms with van der Waals surface area (Å²) in [5.74, 6) is 2.10. The molecular weight excluding hydrogens is 454 g/mol. The van der Waals surface area contributed by atoms with Crippen molar-refractivity contribution >= 4 is 16.0 Å². The number of carbonyl (C=O) groups is 1. The predicted octanol–water partition coefficient (Wildman–Crippen LogP) is 3.05. The average molecular weight is 499 g/mol. The minimum absolute atomic E-state index is 0.134. The molecule has 0 aromatic carbocycles. The van der Waals surface area contributed by atoms with Gasteiger partial charge in [0.25, 0.3) is 0 Å². The van der Waals surface area contributed by atoms with Crippen molar-refractivity contribution in [2.24, 2.45) is 46.3 Å². The fourth-order valence-electron chi connectivity index (χ4n) is 9.12. The third kappa shape index (κ3) is 4.81. The highest BCUT2D eigenvalue weighted by Crippen LogP contribution is 2.68. The van der Waals surface area contributed by atoms with E-state index in [1.54, 1.807) is 0 Å². The van der Waals surface area contributed by atoms with Gasteiger partial charge in [0.1, 0.15) is 0 Å². The maximum atomic E-state index is 12.2. The summed E-state index contributed by atoms with van der Waals surface area (Å²) in [7, 11) is -4.32. The molecule has 0 bridgehead atoms. The molecule has 0 aliphatic heterocycles. The minimum Gasteiger partial charge on any atom is -0.748 e. The van der Waals surface area contributed by atoms with Crippen LogP contribution in [0.15, 0.2) is 0 Å². The Bertz CT molecular complexity index is 863. The summed E-state index contributed by atoms with van der Waals surface area (Å²) in [6.07, 6.45) is 8.85. The highest BCUT2D eigenvalue weighted by atomic mass is 32.2. The fraction of sp³-hybridized carbons (Fsp3) is 0.962. The molecule has 0 aromatic heterocycles. The number of aliphatic hydroxyl groups excluding tert-OH is 2. The van der Waals surface area contributed by atoms with Crippen LogP contribution in [0.25, 0.3) is 0 Å². The number of fused-ring (bicyclic) bond motifs is 5. The lowest BCUT2D eigenvalue weighted by Crippen LogP contribution is -2.58. The Hall–Kier alpha value is -0.700. The first kappa shape index (κ1) is 26.4. The number of carbonyl (C=O) groups excluding carboxylic acids is 1. The largest absolute Gasteiger partial charge is 0.748 e. The van der Waals surface area contributed by atoms with E-state index >= 15 is 0 Å². The van der Waals surface area contributed by atoms with E-state index in [9.17, 15) is 28.0 Å². The number of hydrogen-bond acceptors (Lipinski definition) is 6. The summed E-state index contributed by atoms with van der Waals surface area (Å²) in [6, 6.07) is 0. The fourth-order valence-corrected chi connectivity index (χ4v) is 9.48. The lowest BCUT2D eigenvalue weighted by atomic mass is 9.43. The second-order valence-electron chi connectivity index (χ2n) is 12.5. The Balaban J connectivity index is 1.40. The molecule has 4 fully saturated rings. The Labute approximate surface area is 205 Å². The standard InChI is InChI=1S/C26H45NO6S/c1-16(4-9-24(30)27-12-13-34(31,32)33)20-7-8-21-19-6-5-17-14-18(28)10-11-25(17,2)22(19)15-23(29)26(20,21)3/h16-23,28-29H,4-15H2,1-3H3,(H,27,30)(H,31,32,33)/p-1/t16-,17?,18-,19?,20-,21?,22?,23+,25+,26-/m1/s1. The second-order valence-corrected chi connectivity index (χ2v) is 14.0. The maximum Gasteiger partial charge on any atom is 0.220 e. The number of aliphatic hydroxyl groups is 2. The molecule has 3 N–H and O–H groups in total. The summed E-state index contributed by atoms with van der Waals surface area (Å²) >= 11 is 0.